The highest BCUT2D eigenvalue weighted by Gasteiger charge is 2.34. The molecule has 0 atom stereocenters. The van der Waals surface area contributed by atoms with Gasteiger partial charge in [-0.2, -0.15) is 5.26 Å². The number of likely N-dealkylation sites (tertiary alicyclic amines) is 1. The molecule has 10 heteroatoms. The minimum Gasteiger partial charge on any atom is -0.485 e. The monoisotopic (exact) mass is 512 g/mol. The number of ether oxygens (including phenoxy) is 3. The van der Waals surface area contributed by atoms with Gasteiger partial charge in [-0.25, -0.2) is 14.8 Å². The normalized spacial score (nSPS) is 15.3. The Hall–Kier alpha value is -4.62. The molecule has 0 unspecified atom stereocenters. The highest BCUT2D eigenvalue weighted by molar-refractivity contribution is 5.70. The number of benzene rings is 2. The van der Waals surface area contributed by atoms with Crippen LogP contribution in [0, 0.1) is 11.3 Å². The molecule has 1 amide bonds. The van der Waals surface area contributed by atoms with Crippen LogP contribution in [0.1, 0.15) is 12.5 Å². The predicted octanol–water partition coefficient (Wildman–Crippen LogP) is 4.33. The molecule has 2 aliphatic rings. The summed E-state index contributed by atoms with van der Waals surface area (Å²) in [5, 5.41) is 13.0. The second-order valence-electron chi connectivity index (χ2n) is 9.07. The smallest absolute Gasteiger partial charge is 0.415 e. The molecule has 2 aliphatic heterocycles. The average molecular weight is 513 g/mol. The van der Waals surface area contributed by atoms with Crippen molar-refractivity contribution in [2.75, 3.05) is 49.6 Å². The lowest BCUT2D eigenvalue weighted by molar-refractivity contribution is 0.0202. The molecular weight excluding hydrogens is 484 g/mol. The summed E-state index contributed by atoms with van der Waals surface area (Å²) in [6.45, 7) is 9.21. The van der Waals surface area contributed by atoms with Gasteiger partial charge in [0.15, 0.2) is 0 Å². The van der Waals surface area contributed by atoms with E-state index in [1.54, 1.807) is 31.3 Å². The molecule has 3 heterocycles. The van der Waals surface area contributed by atoms with Gasteiger partial charge in [0.25, 0.3) is 0 Å². The Labute approximate surface area is 221 Å². The highest BCUT2D eigenvalue weighted by atomic mass is 16.6. The van der Waals surface area contributed by atoms with E-state index < -0.39 is 6.09 Å². The first-order chi connectivity index (χ1) is 18.5. The van der Waals surface area contributed by atoms with Crippen molar-refractivity contribution in [3.8, 4) is 23.1 Å². The molecule has 2 saturated heterocycles. The van der Waals surface area contributed by atoms with Gasteiger partial charge in [-0.15, -0.1) is 0 Å². The quantitative estimate of drug-likeness (QED) is 0.462. The van der Waals surface area contributed by atoms with Crippen LogP contribution < -0.4 is 15.0 Å². The van der Waals surface area contributed by atoms with Crippen molar-refractivity contribution >= 4 is 23.4 Å². The van der Waals surface area contributed by atoms with Crippen molar-refractivity contribution in [2.45, 2.75) is 13.0 Å². The second-order valence-corrected chi connectivity index (χ2v) is 9.07. The topological polar surface area (TPSA) is 113 Å². The molecule has 1 N–H and O–H groups in total. The lowest BCUT2D eigenvalue weighted by Gasteiger charge is -2.38. The van der Waals surface area contributed by atoms with E-state index in [1.165, 1.54) is 4.90 Å². The van der Waals surface area contributed by atoms with E-state index in [0.717, 1.165) is 43.2 Å². The van der Waals surface area contributed by atoms with E-state index in [4.69, 9.17) is 14.2 Å². The Morgan fingerprint density at radius 1 is 1.16 bits per heavy atom. The number of hydrogen-bond acceptors (Lipinski definition) is 9. The first-order valence-corrected chi connectivity index (χ1v) is 12.3. The van der Waals surface area contributed by atoms with E-state index in [9.17, 15) is 10.1 Å². The van der Waals surface area contributed by atoms with E-state index >= 15 is 0 Å². The van der Waals surface area contributed by atoms with Crippen molar-refractivity contribution in [1.29, 1.82) is 5.26 Å². The van der Waals surface area contributed by atoms with Gasteiger partial charge in [-0.3, -0.25) is 0 Å². The summed E-state index contributed by atoms with van der Waals surface area (Å²) >= 11 is 0. The zero-order chi connectivity index (χ0) is 26.5. The van der Waals surface area contributed by atoms with E-state index in [0.29, 0.717) is 41.8 Å². The number of hydrogen-bond donors (Lipinski definition) is 1. The molecule has 38 heavy (non-hydrogen) atoms. The number of nitrogens with zero attached hydrogens (tertiary/aromatic N) is 5. The molecule has 2 fully saturated rings. The Balaban J connectivity index is 1.23. The molecule has 3 aromatic rings. The fraction of sp³-hybridized carbons (Fsp3) is 0.286. The lowest BCUT2D eigenvalue weighted by Crippen LogP contribution is -2.56. The zero-order valence-electron chi connectivity index (χ0n) is 21.1. The standard InChI is InChI=1S/C28H28N6O4/c1-19(2)37-28(35)34-17-24(18-34)38-26-8-3-20(15-21(26)16-29)25-9-10-30-27(32-25)31-22-4-6-23(7-5-22)33-11-13-36-14-12-33/h3-10,15,24H,1,11-14,17-18H2,2H3,(H,30,31,32). The van der Waals surface area contributed by atoms with E-state index in [2.05, 4.69) is 45.0 Å². The minimum atomic E-state index is -0.450. The van der Waals surface area contributed by atoms with Crippen LogP contribution in [0.2, 0.25) is 0 Å². The summed E-state index contributed by atoms with van der Waals surface area (Å²) in [5.74, 6) is 1.25. The fourth-order valence-electron chi connectivity index (χ4n) is 4.22. The molecule has 5 rings (SSSR count). The van der Waals surface area contributed by atoms with Crippen molar-refractivity contribution in [2.24, 2.45) is 0 Å². The van der Waals surface area contributed by atoms with Gasteiger partial charge in [0, 0.05) is 36.2 Å². The maximum Gasteiger partial charge on any atom is 0.415 e. The van der Waals surface area contributed by atoms with Crippen molar-refractivity contribution in [3.05, 3.63) is 72.6 Å². The number of rotatable bonds is 7. The number of morpholine rings is 1. The largest absolute Gasteiger partial charge is 0.485 e. The van der Waals surface area contributed by atoms with Crippen LogP contribution in [-0.4, -0.2) is 66.5 Å². The van der Waals surface area contributed by atoms with Gasteiger partial charge in [0.05, 0.1) is 43.3 Å². The van der Waals surface area contributed by atoms with Crippen molar-refractivity contribution in [3.63, 3.8) is 0 Å². The predicted molar refractivity (Wildman–Crippen MR) is 142 cm³/mol. The molecular formula is C28H28N6O4. The first kappa shape index (κ1) is 25.0. The fourth-order valence-corrected chi connectivity index (χ4v) is 4.22. The van der Waals surface area contributed by atoms with Crippen LogP contribution in [0.25, 0.3) is 11.3 Å². The number of aromatic nitrogens is 2. The molecule has 2 aromatic carbocycles. The third kappa shape index (κ3) is 5.85. The number of nitriles is 1. The van der Waals surface area contributed by atoms with Gasteiger partial charge in [-0.1, -0.05) is 6.58 Å². The van der Waals surface area contributed by atoms with Crippen LogP contribution in [0.15, 0.2) is 67.1 Å². The van der Waals surface area contributed by atoms with Crippen LogP contribution >= 0.6 is 0 Å². The highest BCUT2D eigenvalue weighted by Crippen LogP contribution is 2.29. The number of nitrogens with one attached hydrogen (secondary N) is 1. The third-order valence-corrected chi connectivity index (χ3v) is 6.21. The number of carbonyl (C=O) groups is 1. The summed E-state index contributed by atoms with van der Waals surface area (Å²) in [6.07, 6.45) is 1.01. The Morgan fingerprint density at radius 2 is 1.92 bits per heavy atom. The van der Waals surface area contributed by atoms with Crippen LogP contribution in [-0.2, 0) is 9.47 Å². The first-order valence-electron chi connectivity index (χ1n) is 12.3. The number of anilines is 3. The van der Waals surface area contributed by atoms with Crippen LogP contribution in [0.4, 0.5) is 22.1 Å². The SMILES string of the molecule is C=C(C)OC(=O)N1CC(Oc2ccc(-c3ccnc(Nc4ccc(N5CCOCC5)cc4)n3)cc2C#N)C1. The summed E-state index contributed by atoms with van der Waals surface area (Å²) in [4.78, 5) is 24.7. The van der Waals surface area contributed by atoms with Crippen LogP contribution in [0.3, 0.4) is 0 Å². The zero-order valence-corrected chi connectivity index (χ0v) is 21.1. The Kier molecular flexibility index (Phi) is 7.38. The number of allylic oxidation sites excluding steroid dienone is 1. The maximum absolute atomic E-state index is 11.9. The van der Waals surface area contributed by atoms with Gasteiger partial charge in [-0.05, 0) is 55.5 Å². The number of amides is 1. The summed E-state index contributed by atoms with van der Waals surface area (Å²) < 4.78 is 16.4. The average Bonchev–Trinajstić information content (AvgIpc) is 2.91. The molecule has 0 radical (unpaired) electrons. The summed E-state index contributed by atoms with van der Waals surface area (Å²) in [7, 11) is 0. The third-order valence-electron chi connectivity index (χ3n) is 6.21. The Morgan fingerprint density at radius 3 is 2.63 bits per heavy atom. The molecule has 0 bridgehead atoms. The maximum atomic E-state index is 11.9. The van der Waals surface area contributed by atoms with Gasteiger partial charge in [0.2, 0.25) is 5.95 Å². The molecule has 194 valence electrons. The van der Waals surface area contributed by atoms with Crippen molar-refractivity contribution in [1.82, 2.24) is 14.9 Å². The molecule has 0 aliphatic carbocycles. The van der Waals surface area contributed by atoms with E-state index in [-0.39, 0.29) is 6.10 Å². The molecule has 0 spiro atoms. The molecule has 0 saturated carbocycles. The number of carbonyl (C=O) groups excluding carboxylic acids is 1. The lowest BCUT2D eigenvalue weighted by atomic mass is 10.1. The summed E-state index contributed by atoms with van der Waals surface area (Å²) in [5.41, 5.74) is 3.86. The molecule has 1 aromatic heterocycles. The Bertz CT molecular complexity index is 1360. The van der Waals surface area contributed by atoms with Gasteiger partial charge in [0.1, 0.15) is 17.9 Å². The summed E-state index contributed by atoms with van der Waals surface area (Å²) in [6, 6.07) is 17.5. The second kappa shape index (κ2) is 11.2. The molecule has 10 nitrogen and oxygen atoms in total. The van der Waals surface area contributed by atoms with E-state index in [1.807, 2.05) is 18.2 Å². The van der Waals surface area contributed by atoms with Crippen LogP contribution in [0.5, 0.6) is 5.75 Å². The van der Waals surface area contributed by atoms with Crippen molar-refractivity contribution < 1.29 is 19.0 Å². The van der Waals surface area contributed by atoms with Gasteiger partial charge < -0.3 is 29.3 Å². The van der Waals surface area contributed by atoms with Gasteiger partial charge >= 0.3 is 6.09 Å². The minimum absolute atomic E-state index is 0.213.